The van der Waals surface area contributed by atoms with E-state index in [2.05, 4.69) is 40.2 Å². The molecule has 0 saturated heterocycles. The molecule has 0 aromatic carbocycles. The van der Waals surface area contributed by atoms with Gasteiger partial charge in [-0.2, -0.15) is 0 Å². The van der Waals surface area contributed by atoms with Crippen molar-refractivity contribution in [2.45, 2.75) is 26.8 Å². The summed E-state index contributed by atoms with van der Waals surface area (Å²) >= 11 is 3.64. The summed E-state index contributed by atoms with van der Waals surface area (Å²) in [6.07, 6.45) is 2.83. The SMILES string of the molecule is Cc1sc2ncnc(N3CCc4sccc4C3)c2c1C. The van der Waals surface area contributed by atoms with E-state index in [1.807, 2.05) is 11.3 Å². The first-order chi connectivity index (χ1) is 9.74. The molecule has 0 aliphatic carbocycles. The maximum atomic E-state index is 4.59. The Morgan fingerprint density at radius 2 is 2.15 bits per heavy atom. The highest BCUT2D eigenvalue weighted by molar-refractivity contribution is 7.18. The van der Waals surface area contributed by atoms with Crippen molar-refractivity contribution in [1.82, 2.24) is 9.97 Å². The lowest BCUT2D eigenvalue weighted by Gasteiger charge is -2.28. The standard InChI is InChI=1S/C15H15N3S2/c1-9-10(2)20-15-13(9)14(16-8-17-15)18-5-3-12-11(7-18)4-6-19-12/h4,6,8H,3,5,7H2,1-2H3. The first-order valence-electron chi connectivity index (χ1n) is 6.75. The molecule has 0 bridgehead atoms. The van der Waals surface area contributed by atoms with Crippen LogP contribution in [-0.2, 0) is 13.0 Å². The lowest BCUT2D eigenvalue weighted by atomic mass is 10.1. The van der Waals surface area contributed by atoms with Crippen molar-refractivity contribution in [1.29, 1.82) is 0 Å². The van der Waals surface area contributed by atoms with Gasteiger partial charge in [0.2, 0.25) is 0 Å². The van der Waals surface area contributed by atoms with E-state index >= 15 is 0 Å². The average Bonchev–Trinajstić information content (AvgIpc) is 3.03. The van der Waals surface area contributed by atoms with E-state index in [4.69, 9.17) is 0 Å². The molecular formula is C15H15N3S2. The van der Waals surface area contributed by atoms with Crippen LogP contribution in [0.2, 0.25) is 0 Å². The quantitative estimate of drug-likeness (QED) is 0.682. The van der Waals surface area contributed by atoms with Crippen molar-refractivity contribution in [2.75, 3.05) is 11.4 Å². The fourth-order valence-electron chi connectivity index (χ4n) is 2.83. The molecule has 1 aliphatic rings. The van der Waals surface area contributed by atoms with Crippen LogP contribution in [0.4, 0.5) is 5.82 Å². The van der Waals surface area contributed by atoms with Gasteiger partial charge >= 0.3 is 0 Å². The van der Waals surface area contributed by atoms with Crippen LogP contribution in [-0.4, -0.2) is 16.5 Å². The number of rotatable bonds is 1. The largest absolute Gasteiger partial charge is 0.351 e. The number of nitrogens with zero attached hydrogens (tertiary/aromatic N) is 3. The van der Waals surface area contributed by atoms with Gasteiger partial charge in [0.15, 0.2) is 0 Å². The number of fused-ring (bicyclic) bond motifs is 2. The zero-order valence-corrected chi connectivity index (χ0v) is 13.1. The Hall–Kier alpha value is -1.46. The van der Waals surface area contributed by atoms with Crippen molar-refractivity contribution >= 4 is 38.7 Å². The molecule has 3 aromatic rings. The van der Waals surface area contributed by atoms with Gasteiger partial charge in [-0.25, -0.2) is 9.97 Å². The lowest BCUT2D eigenvalue weighted by Crippen LogP contribution is -2.30. The van der Waals surface area contributed by atoms with Crippen LogP contribution in [0.1, 0.15) is 20.9 Å². The Balaban J connectivity index is 1.83. The number of aromatic nitrogens is 2. The van der Waals surface area contributed by atoms with Gasteiger partial charge in [-0.1, -0.05) is 0 Å². The second kappa shape index (κ2) is 4.53. The summed E-state index contributed by atoms with van der Waals surface area (Å²) < 4.78 is 0. The van der Waals surface area contributed by atoms with Crippen LogP contribution in [0.25, 0.3) is 10.2 Å². The van der Waals surface area contributed by atoms with Crippen molar-refractivity contribution in [3.05, 3.63) is 38.7 Å². The molecule has 20 heavy (non-hydrogen) atoms. The molecule has 0 fully saturated rings. The van der Waals surface area contributed by atoms with Gasteiger partial charge in [-0.15, -0.1) is 22.7 Å². The summed E-state index contributed by atoms with van der Waals surface area (Å²) in [4.78, 5) is 15.4. The molecule has 4 heterocycles. The highest BCUT2D eigenvalue weighted by Crippen LogP contribution is 2.36. The fourth-order valence-corrected chi connectivity index (χ4v) is 4.71. The minimum absolute atomic E-state index is 0.972. The predicted molar refractivity (Wildman–Crippen MR) is 86.0 cm³/mol. The van der Waals surface area contributed by atoms with Gasteiger partial charge < -0.3 is 4.90 Å². The van der Waals surface area contributed by atoms with Crippen LogP contribution in [0.5, 0.6) is 0 Å². The van der Waals surface area contributed by atoms with E-state index in [1.165, 1.54) is 26.3 Å². The molecule has 3 aromatic heterocycles. The Bertz CT molecular complexity index is 788. The van der Waals surface area contributed by atoms with Crippen LogP contribution < -0.4 is 4.90 Å². The normalized spacial score (nSPS) is 14.8. The maximum Gasteiger partial charge on any atom is 0.141 e. The van der Waals surface area contributed by atoms with E-state index in [-0.39, 0.29) is 0 Å². The third-order valence-electron chi connectivity index (χ3n) is 4.05. The molecular weight excluding hydrogens is 286 g/mol. The molecule has 0 unspecified atom stereocenters. The number of aryl methyl sites for hydroxylation is 2. The van der Waals surface area contributed by atoms with Crippen LogP contribution in [0, 0.1) is 13.8 Å². The summed E-state index contributed by atoms with van der Waals surface area (Å²) in [5, 5.41) is 3.44. The summed E-state index contributed by atoms with van der Waals surface area (Å²) in [6.45, 7) is 6.37. The average molecular weight is 301 g/mol. The van der Waals surface area contributed by atoms with E-state index in [0.717, 1.165) is 30.2 Å². The van der Waals surface area contributed by atoms with E-state index in [1.54, 1.807) is 17.7 Å². The first-order valence-corrected chi connectivity index (χ1v) is 8.44. The van der Waals surface area contributed by atoms with Gasteiger partial charge in [-0.3, -0.25) is 0 Å². The number of hydrogen-bond donors (Lipinski definition) is 0. The number of thiophene rings is 2. The first kappa shape index (κ1) is 12.3. The Kier molecular flexibility index (Phi) is 2.79. The van der Waals surface area contributed by atoms with Gasteiger partial charge in [0, 0.05) is 22.8 Å². The second-order valence-corrected chi connectivity index (χ2v) is 7.41. The monoisotopic (exact) mass is 301 g/mol. The van der Waals surface area contributed by atoms with E-state index in [9.17, 15) is 0 Å². The highest BCUT2D eigenvalue weighted by Gasteiger charge is 2.22. The number of hydrogen-bond acceptors (Lipinski definition) is 5. The van der Waals surface area contributed by atoms with Gasteiger partial charge in [-0.05, 0) is 42.8 Å². The molecule has 0 radical (unpaired) electrons. The molecule has 3 nitrogen and oxygen atoms in total. The van der Waals surface area contributed by atoms with Crippen LogP contribution in [0.3, 0.4) is 0 Å². The second-order valence-electron chi connectivity index (χ2n) is 5.20. The minimum atomic E-state index is 0.972. The Labute approximate surface area is 125 Å². The predicted octanol–water partition coefficient (Wildman–Crippen LogP) is 3.93. The van der Waals surface area contributed by atoms with Crippen LogP contribution >= 0.6 is 22.7 Å². The van der Waals surface area contributed by atoms with Crippen molar-refractivity contribution in [2.24, 2.45) is 0 Å². The zero-order valence-electron chi connectivity index (χ0n) is 11.5. The third kappa shape index (κ3) is 1.77. The molecule has 0 amide bonds. The van der Waals surface area contributed by atoms with Crippen LogP contribution in [0.15, 0.2) is 17.8 Å². The Morgan fingerprint density at radius 3 is 3.05 bits per heavy atom. The summed E-state index contributed by atoms with van der Waals surface area (Å²) in [5.41, 5.74) is 2.79. The topological polar surface area (TPSA) is 29.0 Å². The maximum absolute atomic E-state index is 4.59. The molecule has 1 aliphatic heterocycles. The molecule has 0 saturated carbocycles. The minimum Gasteiger partial charge on any atom is -0.351 e. The summed E-state index contributed by atoms with van der Waals surface area (Å²) in [5.74, 6) is 1.11. The number of anilines is 1. The third-order valence-corrected chi connectivity index (χ3v) is 6.19. The molecule has 0 N–H and O–H groups in total. The van der Waals surface area contributed by atoms with E-state index in [0.29, 0.717) is 0 Å². The lowest BCUT2D eigenvalue weighted by molar-refractivity contribution is 0.734. The molecule has 5 heteroatoms. The van der Waals surface area contributed by atoms with E-state index < -0.39 is 0 Å². The van der Waals surface area contributed by atoms with Crippen molar-refractivity contribution in [3.63, 3.8) is 0 Å². The zero-order chi connectivity index (χ0) is 13.7. The van der Waals surface area contributed by atoms with Crippen molar-refractivity contribution in [3.8, 4) is 0 Å². The van der Waals surface area contributed by atoms with Crippen molar-refractivity contribution < 1.29 is 0 Å². The molecule has 102 valence electrons. The van der Waals surface area contributed by atoms with Gasteiger partial charge in [0.1, 0.15) is 17.0 Å². The highest BCUT2D eigenvalue weighted by atomic mass is 32.1. The Morgan fingerprint density at radius 1 is 1.25 bits per heavy atom. The van der Waals surface area contributed by atoms with Gasteiger partial charge in [0.25, 0.3) is 0 Å². The summed E-state index contributed by atoms with van der Waals surface area (Å²) in [6, 6.07) is 2.25. The fraction of sp³-hybridized carbons (Fsp3) is 0.333. The molecule has 0 atom stereocenters. The smallest absolute Gasteiger partial charge is 0.141 e. The molecule has 0 spiro atoms. The van der Waals surface area contributed by atoms with Gasteiger partial charge in [0.05, 0.1) is 5.39 Å². The molecule has 4 rings (SSSR count). The summed E-state index contributed by atoms with van der Waals surface area (Å²) in [7, 11) is 0.